The minimum atomic E-state index is -3.30. The first kappa shape index (κ1) is 18.5. The van der Waals surface area contributed by atoms with Crippen molar-refractivity contribution in [2.75, 3.05) is 16.9 Å². The number of aromatic nitrogens is 2. The molecule has 0 aliphatic carbocycles. The van der Waals surface area contributed by atoms with E-state index in [1.165, 1.54) is 28.7 Å². The number of carbonyl (C=O) groups is 1. The molecule has 0 aliphatic heterocycles. The van der Waals surface area contributed by atoms with Crippen molar-refractivity contribution in [3.8, 4) is 0 Å². The molecular weight excluding hydrogens is 416 g/mol. The second-order valence-electron chi connectivity index (χ2n) is 5.90. The van der Waals surface area contributed by atoms with Gasteiger partial charge >= 0.3 is 0 Å². The van der Waals surface area contributed by atoms with Crippen molar-refractivity contribution in [3.63, 3.8) is 0 Å². The van der Waals surface area contributed by atoms with Gasteiger partial charge in [-0.05, 0) is 30.3 Å². The van der Waals surface area contributed by atoms with Gasteiger partial charge in [-0.1, -0.05) is 29.5 Å². The highest BCUT2D eigenvalue weighted by Crippen LogP contribution is 2.29. The smallest absolute Gasteiger partial charge is 0.276 e. The van der Waals surface area contributed by atoms with Crippen LogP contribution >= 0.6 is 22.7 Å². The molecule has 0 radical (unpaired) electrons. The van der Waals surface area contributed by atoms with Gasteiger partial charge < -0.3 is 5.32 Å². The summed E-state index contributed by atoms with van der Waals surface area (Å²) in [6, 6.07) is 14.2. The van der Waals surface area contributed by atoms with Gasteiger partial charge in [0, 0.05) is 17.3 Å². The quantitative estimate of drug-likeness (QED) is 0.493. The molecule has 2 heterocycles. The molecule has 0 aliphatic rings. The van der Waals surface area contributed by atoms with Crippen molar-refractivity contribution in [3.05, 3.63) is 59.6 Å². The summed E-state index contributed by atoms with van der Waals surface area (Å²) < 4.78 is 24.0. The van der Waals surface area contributed by atoms with E-state index in [4.69, 9.17) is 0 Å². The number of amides is 1. The van der Waals surface area contributed by atoms with E-state index in [2.05, 4.69) is 20.6 Å². The average Bonchev–Trinajstić information content (AvgIpc) is 3.27. The lowest BCUT2D eigenvalue weighted by atomic mass is 10.3. The molecule has 0 bridgehead atoms. The number of nitrogens with zero attached hydrogens (tertiary/aromatic N) is 2. The molecule has 0 saturated carbocycles. The lowest BCUT2D eigenvalue weighted by Gasteiger charge is -2.01. The van der Waals surface area contributed by atoms with Crippen LogP contribution in [0.3, 0.4) is 0 Å². The minimum absolute atomic E-state index is 0.220. The van der Waals surface area contributed by atoms with Crippen molar-refractivity contribution in [2.45, 2.75) is 4.90 Å². The van der Waals surface area contributed by atoms with E-state index in [9.17, 15) is 13.2 Å². The Hall–Kier alpha value is -2.82. The second-order valence-corrected chi connectivity index (χ2v) is 9.81. The number of fused-ring (bicyclic) bond motifs is 1. The zero-order chi connectivity index (χ0) is 19.7. The summed E-state index contributed by atoms with van der Waals surface area (Å²) in [7, 11) is -3.30. The molecule has 0 atom stereocenters. The highest BCUT2D eigenvalue weighted by atomic mass is 32.2. The van der Waals surface area contributed by atoms with Crippen LogP contribution in [0.4, 0.5) is 16.0 Å². The molecule has 0 spiro atoms. The highest BCUT2D eigenvalue weighted by Gasteiger charge is 2.15. The van der Waals surface area contributed by atoms with Crippen molar-refractivity contribution >= 4 is 64.6 Å². The average molecular weight is 431 g/mol. The molecule has 2 aromatic carbocycles. The zero-order valence-corrected chi connectivity index (χ0v) is 17.0. The Morgan fingerprint density at radius 3 is 2.57 bits per heavy atom. The zero-order valence-electron chi connectivity index (χ0n) is 14.5. The predicted octanol–water partition coefficient (Wildman–Crippen LogP) is 4.15. The van der Waals surface area contributed by atoms with E-state index in [1.807, 2.05) is 30.3 Å². The van der Waals surface area contributed by atoms with E-state index in [0.29, 0.717) is 20.5 Å². The van der Waals surface area contributed by atoms with Gasteiger partial charge in [0.05, 0.1) is 15.1 Å². The molecule has 142 valence electrons. The molecule has 0 fully saturated rings. The summed E-state index contributed by atoms with van der Waals surface area (Å²) in [6.45, 7) is 0. The van der Waals surface area contributed by atoms with Crippen LogP contribution in [0, 0.1) is 0 Å². The summed E-state index contributed by atoms with van der Waals surface area (Å²) in [5.41, 5.74) is 1.79. The van der Waals surface area contributed by atoms with Crippen molar-refractivity contribution in [2.24, 2.45) is 0 Å². The summed E-state index contributed by atoms with van der Waals surface area (Å²) in [4.78, 5) is 21.3. The Balaban J connectivity index is 1.50. The van der Waals surface area contributed by atoms with Crippen molar-refractivity contribution < 1.29 is 13.2 Å². The van der Waals surface area contributed by atoms with Crippen molar-refractivity contribution in [1.82, 2.24) is 9.97 Å². The molecule has 0 saturated heterocycles. The molecule has 2 N–H and O–H groups in total. The number of benzene rings is 2. The number of carbonyl (C=O) groups excluding carboxylic acids is 1. The number of para-hydroxylation sites is 1. The van der Waals surface area contributed by atoms with Gasteiger partial charge in [0.2, 0.25) is 0 Å². The van der Waals surface area contributed by atoms with Gasteiger partial charge in [0.1, 0.15) is 5.69 Å². The molecule has 4 rings (SSSR count). The number of sulfone groups is 1. The Labute approximate surface area is 169 Å². The largest absolute Gasteiger partial charge is 0.332 e. The number of hydrogen-bond acceptors (Lipinski definition) is 8. The third-order valence-corrected chi connectivity index (χ3v) is 6.57. The fraction of sp³-hybridized carbons (Fsp3) is 0.0556. The first-order valence-corrected chi connectivity index (χ1v) is 11.7. The van der Waals surface area contributed by atoms with Gasteiger partial charge in [-0.25, -0.2) is 18.4 Å². The molecule has 28 heavy (non-hydrogen) atoms. The second kappa shape index (κ2) is 7.30. The van der Waals surface area contributed by atoms with E-state index < -0.39 is 9.84 Å². The number of hydrogen-bond donors (Lipinski definition) is 2. The third-order valence-electron chi connectivity index (χ3n) is 3.77. The SMILES string of the molecule is CS(=O)(=O)c1ccc2nc(NC(=O)c3csc(Nc4ccccc4)n3)sc2c1. The highest BCUT2D eigenvalue weighted by molar-refractivity contribution is 7.90. The lowest BCUT2D eigenvalue weighted by Crippen LogP contribution is -2.12. The van der Waals surface area contributed by atoms with Crippen LogP contribution in [0.1, 0.15) is 10.5 Å². The van der Waals surface area contributed by atoms with Crippen LogP contribution < -0.4 is 10.6 Å². The van der Waals surface area contributed by atoms with Crippen LogP contribution in [-0.4, -0.2) is 30.5 Å². The molecule has 1 amide bonds. The maximum atomic E-state index is 12.5. The molecule has 10 heteroatoms. The summed E-state index contributed by atoms with van der Waals surface area (Å²) in [6.07, 6.45) is 1.15. The van der Waals surface area contributed by atoms with Crippen LogP contribution in [0.2, 0.25) is 0 Å². The standard InChI is InChI=1S/C18H14N4O3S3/c1-28(24,25)12-7-8-13-15(9-12)27-18(20-13)22-16(23)14-10-26-17(21-14)19-11-5-3-2-4-6-11/h2-10H,1H3,(H,19,21)(H,20,22,23). The number of thiazole rings is 2. The Morgan fingerprint density at radius 1 is 1.04 bits per heavy atom. The number of nitrogens with one attached hydrogen (secondary N) is 2. The van der Waals surface area contributed by atoms with Gasteiger partial charge in [-0.3, -0.25) is 10.1 Å². The van der Waals surface area contributed by atoms with E-state index >= 15 is 0 Å². The fourth-order valence-electron chi connectivity index (χ4n) is 2.43. The topological polar surface area (TPSA) is 101 Å². The summed E-state index contributed by atoms with van der Waals surface area (Å²) in [5, 5.41) is 8.52. The molecule has 4 aromatic rings. The normalized spacial score (nSPS) is 11.5. The number of anilines is 3. The molecule has 7 nitrogen and oxygen atoms in total. The lowest BCUT2D eigenvalue weighted by molar-refractivity contribution is 0.102. The Kier molecular flexibility index (Phi) is 4.84. The third kappa shape index (κ3) is 4.03. The molecular formula is C18H14N4O3S3. The van der Waals surface area contributed by atoms with Crippen LogP contribution in [-0.2, 0) is 9.84 Å². The van der Waals surface area contributed by atoms with Gasteiger partial charge in [0.25, 0.3) is 5.91 Å². The maximum Gasteiger partial charge on any atom is 0.276 e. The molecule has 2 aromatic heterocycles. The van der Waals surface area contributed by atoms with Crippen LogP contribution in [0.5, 0.6) is 0 Å². The Morgan fingerprint density at radius 2 is 1.82 bits per heavy atom. The Bertz CT molecular complexity index is 1260. The van der Waals surface area contributed by atoms with Gasteiger partial charge in [0.15, 0.2) is 20.1 Å². The van der Waals surface area contributed by atoms with E-state index in [0.717, 1.165) is 11.9 Å². The van der Waals surface area contributed by atoms with Crippen LogP contribution in [0.15, 0.2) is 58.8 Å². The predicted molar refractivity (Wildman–Crippen MR) is 113 cm³/mol. The minimum Gasteiger partial charge on any atom is -0.332 e. The van der Waals surface area contributed by atoms with Crippen LogP contribution in [0.25, 0.3) is 10.2 Å². The summed E-state index contributed by atoms with van der Waals surface area (Å²) >= 11 is 2.54. The first-order valence-electron chi connectivity index (χ1n) is 8.08. The number of rotatable bonds is 5. The summed E-state index contributed by atoms with van der Waals surface area (Å²) in [5.74, 6) is -0.375. The van der Waals surface area contributed by atoms with E-state index in [1.54, 1.807) is 17.5 Å². The first-order chi connectivity index (χ1) is 13.4. The maximum absolute atomic E-state index is 12.5. The van der Waals surface area contributed by atoms with E-state index in [-0.39, 0.29) is 16.5 Å². The molecule has 0 unspecified atom stereocenters. The fourth-order valence-corrected chi connectivity index (χ4v) is 4.76. The van der Waals surface area contributed by atoms with Gasteiger partial charge in [-0.15, -0.1) is 11.3 Å². The monoisotopic (exact) mass is 430 g/mol. The van der Waals surface area contributed by atoms with Crippen molar-refractivity contribution in [1.29, 1.82) is 0 Å². The van der Waals surface area contributed by atoms with Gasteiger partial charge in [-0.2, -0.15) is 0 Å².